The van der Waals surface area contributed by atoms with Gasteiger partial charge in [-0.05, 0) is 39.2 Å². The summed E-state index contributed by atoms with van der Waals surface area (Å²) in [5.41, 5.74) is 2.07. The minimum absolute atomic E-state index is 0.140. The Labute approximate surface area is 144 Å². The summed E-state index contributed by atoms with van der Waals surface area (Å²) in [6.07, 6.45) is 2.91. The highest BCUT2D eigenvalue weighted by atomic mass is 16.2. The summed E-state index contributed by atoms with van der Waals surface area (Å²) in [4.78, 5) is 24.8. The summed E-state index contributed by atoms with van der Waals surface area (Å²) in [6.45, 7) is 4.07. The molecule has 0 bridgehead atoms. The van der Waals surface area contributed by atoms with E-state index in [0.29, 0.717) is 10.8 Å². The molecule has 0 spiro atoms. The van der Waals surface area contributed by atoms with E-state index >= 15 is 0 Å². The van der Waals surface area contributed by atoms with Gasteiger partial charge in [-0.25, -0.2) is 9.78 Å². The smallest absolute Gasteiger partial charge is 0.277 e. The lowest BCUT2D eigenvalue weighted by Gasteiger charge is -2.14. The van der Waals surface area contributed by atoms with Crippen molar-refractivity contribution in [3.63, 3.8) is 0 Å². The number of hydrogen-bond donors (Lipinski definition) is 2. The molecule has 128 valence electrons. The third kappa shape index (κ3) is 2.52. The standard InChI is InChI=1S/C18H19N5O2/c1-10(2)23-16(13-8-5-9-14(13)22-23)19-18(25)15-11-6-3-4-7-12(11)17(24)21-20-15/h3-4,6-7,10H,5,8-9H2,1-2H3,(H,19,25)(H,21,24). The number of nitrogens with zero attached hydrogens (tertiary/aromatic N) is 3. The number of aromatic amines is 1. The zero-order valence-corrected chi connectivity index (χ0v) is 14.2. The molecule has 0 saturated heterocycles. The van der Waals surface area contributed by atoms with E-state index in [0.717, 1.165) is 36.3 Å². The van der Waals surface area contributed by atoms with Crippen molar-refractivity contribution < 1.29 is 4.79 Å². The highest BCUT2D eigenvalue weighted by Crippen LogP contribution is 2.31. The van der Waals surface area contributed by atoms with Gasteiger partial charge in [0.1, 0.15) is 5.82 Å². The Bertz CT molecular complexity index is 1030. The molecule has 25 heavy (non-hydrogen) atoms. The Balaban J connectivity index is 1.77. The number of fused-ring (bicyclic) bond motifs is 2. The Morgan fingerprint density at radius 1 is 1.24 bits per heavy atom. The second kappa shape index (κ2) is 5.84. The SMILES string of the molecule is CC(C)n1nc2c(c1NC(=O)c1n[nH]c(=O)c3ccccc13)CCC2. The predicted molar refractivity (Wildman–Crippen MR) is 95.0 cm³/mol. The molecule has 7 heteroatoms. The predicted octanol–water partition coefficient (Wildman–Crippen LogP) is 2.44. The summed E-state index contributed by atoms with van der Waals surface area (Å²) in [7, 11) is 0. The quantitative estimate of drug-likeness (QED) is 0.768. The van der Waals surface area contributed by atoms with Crippen molar-refractivity contribution in [3.8, 4) is 0 Å². The van der Waals surface area contributed by atoms with E-state index < -0.39 is 0 Å². The molecule has 2 heterocycles. The van der Waals surface area contributed by atoms with E-state index in [9.17, 15) is 9.59 Å². The molecule has 0 saturated carbocycles. The molecule has 7 nitrogen and oxygen atoms in total. The molecule has 4 rings (SSSR count). The lowest BCUT2D eigenvalue weighted by atomic mass is 10.1. The van der Waals surface area contributed by atoms with E-state index in [1.54, 1.807) is 24.3 Å². The van der Waals surface area contributed by atoms with E-state index in [2.05, 4.69) is 20.6 Å². The van der Waals surface area contributed by atoms with E-state index in [4.69, 9.17) is 0 Å². The Morgan fingerprint density at radius 3 is 2.76 bits per heavy atom. The number of aryl methyl sites for hydroxylation is 1. The molecule has 3 aromatic rings. The average molecular weight is 337 g/mol. The topological polar surface area (TPSA) is 92.7 Å². The fraction of sp³-hybridized carbons (Fsp3) is 0.333. The first kappa shape index (κ1) is 15.6. The fourth-order valence-electron chi connectivity index (χ4n) is 3.37. The number of rotatable bonds is 3. The molecule has 0 aliphatic heterocycles. The van der Waals surface area contributed by atoms with Crippen LogP contribution in [0.3, 0.4) is 0 Å². The minimum atomic E-state index is -0.344. The molecule has 2 aromatic heterocycles. The summed E-state index contributed by atoms with van der Waals surface area (Å²) >= 11 is 0. The van der Waals surface area contributed by atoms with Crippen LogP contribution in [0.15, 0.2) is 29.1 Å². The van der Waals surface area contributed by atoms with Crippen LogP contribution < -0.4 is 10.9 Å². The van der Waals surface area contributed by atoms with Gasteiger partial charge in [0.25, 0.3) is 11.5 Å². The van der Waals surface area contributed by atoms with E-state index in [-0.39, 0.29) is 23.2 Å². The largest absolute Gasteiger partial charge is 0.305 e. The minimum Gasteiger partial charge on any atom is -0.305 e. The Kier molecular flexibility index (Phi) is 3.63. The van der Waals surface area contributed by atoms with Gasteiger partial charge in [0.15, 0.2) is 5.69 Å². The average Bonchev–Trinajstić information content (AvgIpc) is 3.18. The number of carbonyl (C=O) groups excluding carboxylic acids is 1. The van der Waals surface area contributed by atoms with Gasteiger partial charge in [0.05, 0.1) is 11.1 Å². The van der Waals surface area contributed by atoms with Crippen molar-refractivity contribution in [2.24, 2.45) is 0 Å². The number of carbonyl (C=O) groups is 1. The highest BCUT2D eigenvalue weighted by molar-refractivity contribution is 6.11. The Hall–Kier alpha value is -2.96. The summed E-state index contributed by atoms with van der Waals surface area (Å²) < 4.78 is 1.86. The van der Waals surface area contributed by atoms with Crippen molar-refractivity contribution >= 4 is 22.5 Å². The van der Waals surface area contributed by atoms with Crippen LogP contribution in [0.5, 0.6) is 0 Å². The number of aromatic nitrogens is 4. The second-order valence-corrected chi connectivity index (χ2v) is 6.57. The van der Waals surface area contributed by atoms with Crippen molar-refractivity contribution in [3.05, 3.63) is 51.6 Å². The van der Waals surface area contributed by atoms with Crippen LogP contribution in [0.2, 0.25) is 0 Å². The first-order valence-corrected chi connectivity index (χ1v) is 8.45. The van der Waals surface area contributed by atoms with E-state index in [1.165, 1.54) is 0 Å². The van der Waals surface area contributed by atoms with Gasteiger partial charge in [-0.1, -0.05) is 18.2 Å². The fourth-order valence-corrected chi connectivity index (χ4v) is 3.37. The van der Waals surface area contributed by atoms with Crippen LogP contribution in [0.4, 0.5) is 5.82 Å². The lowest BCUT2D eigenvalue weighted by molar-refractivity contribution is 0.102. The van der Waals surface area contributed by atoms with E-state index in [1.807, 2.05) is 18.5 Å². The molecule has 1 aliphatic carbocycles. The van der Waals surface area contributed by atoms with Gasteiger partial charge in [-0.2, -0.15) is 10.2 Å². The molecule has 1 aromatic carbocycles. The van der Waals surface area contributed by atoms with Crippen molar-refractivity contribution in [1.82, 2.24) is 20.0 Å². The third-order valence-electron chi connectivity index (χ3n) is 4.56. The molecule has 2 N–H and O–H groups in total. The third-order valence-corrected chi connectivity index (χ3v) is 4.56. The normalized spacial score (nSPS) is 13.4. The van der Waals surface area contributed by atoms with Gasteiger partial charge < -0.3 is 5.32 Å². The van der Waals surface area contributed by atoms with Crippen LogP contribution >= 0.6 is 0 Å². The molecular weight excluding hydrogens is 318 g/mol. The van der Waals surface area contributed by atoms with Crippen LogP contribution in [-0.2, 0) is 12.8 Å². The second-order valence-electron chi connectivity index (χ2n) is 6.57. The van der Waals surface area contributed by atoms with Crippen LogP contribution in [-0.4, -0.2) is 25.9 Å². The van der Waals surface area contributed by atoms with Crippen LogP contribution in [0.1, 0.15) is 48.1 Å². The van der Waals surface area contributed by atoms with Crippen molar-refractivity contribution in [1.29, 1.82) is 0 Å². The van der Waals surface area contributed by atoms with Crippen molar-refractivity contribution in [2.45, 2.75) is 39.2 Å². The summed E-state index contributed by atoms with van der Waals surface area (Å²) in [6, 6.07) is 7.11. The number of nitrogens with one attached hydrogen (secondary N) is 2. The monoisotopic (exact) mass is 337 g/mol. The van der Waals surface area contributed by atoms with Gasteiger partial charge in [0, 0.05) is 17.0 Å². The highest BCUT2D eigenvalue weighted by Gasteiger charge is 2.25. The Morgan fingerprint density at radius 2 is 2.00 bits per heavy atom. The van der Waals surface area contributed by atoms with Gasteiger partial charge >= 0.3 is 0 Å². The summed E-state index contributed by atoms with van der Waals surface area (Å²) in [5, 5.41) is 15.0. The first-order valence-electron chi connectivity index (χ1n) is 8.45. The van der Waals surface area contributed by atoms with Gasteiger partial charge in [-0.15, -0.1) is 0 Å². The first-order chi connectivity index (χ1) is 12.1. The van der Waals surface area contributed by atoms with Crippen molar-refractivity contribution in [2.75, 3.05) is 5.32 Å². The van der Waals surface area contributed by atoms with Gasteiger partial charge in [-0.3, -0.25) is 9.59 Å². The zero-order chi connectivity index (χ0) is 17.6. The molecule has 0 atom stereocenters. The maximum atomic E-state index is 12.9. The molecule has 0 unspecified atom stereocenters. The summed E-state index contributed by atoms with van der Waals surface area (Å²) in [5.74, 6) is 0.397. The maximum Gasteiger partial charge on any atom is 0.277 e. The number of anilines is 1. The molecule has 1 amide bonds. The zero-order valence-electron chi connectivity index (χ0n) is 14.2. The molecule has 0 fully saturated rings. The lowest BCUT2D eigenvalue weighted by Crippen LogP contribution is -2.22. The molecular formula is C18H19N5O2. The maximum absolute atomic E-state index is 12.9. The molecule has 0 radical (unpaired) electrons. The number of H-pyrrole nitrogens is 1. The number of amides is 1. The number of hydrogen-bond acceptors (Lipinski definition) is 4. The van der Waals surface area contributed by atoms with Crippen LogP contribution in [0.25, 0.3) is 10.8 Å². The molecule has 1 aliphatic rings. The van der Waals surface area contributed by atoms with Gasteiger partial charge in [0.2, 0.25) is 0 Å². The van der Waals surface area contributed by atoms with Crippen LogP contribution in [0, 0.1) is 0 Å². The number of benzene rings is 1.